The van der Waals surface area contributed by atoms with Gasteiger partial charge in [-0.2, -0.15) is 0 Å². The molecule has 0 spiro atoms. The molecule has 3 rings (SSSR count). The molecule has 0 aliphatic heterocycles. The topological polar surface area (TPSA) is 64.9 Å². The number of hydrogen-bond donors (Lipinski definition) is 1. The Morgan fingerprint density at radius 3 is 3.11 bits per heavy atom. The van der Waals surface area contributed by atoms with Gasteiger partial charge in [-0.1, -0.05) is 6.07 Å². The van der Waals surface area contributed by atoms with E-state index < -0.39 is 0 Å². The molecule has 94 valence electrons. The summed E-state index contributed by atoms with van der Waals surface area (Å²) in [6, 6.07) is 6.28. The number of pyridine rings is 1. The van der Waals surface area contributed by atoms with Crippen LogP contribution < -0.4 is 10.1 Å². The van der Waals surface area contributed by atoms with Gasteiger partial charge in [0.05, 0.1) is 19.3 Å². The van der Waals surface area contributed by atoms with Crippen LogP contribution in [0.3, 0.4) is 0 Å². The fourth-order valence-electron chi connectivity index (χ4n) is 1.83. The Morgan fingerprint density at radius 1 is 1.44 bits per heavy atom. The van der Waals surface area contributed by atoms with Crippen molar-refractivity contribution in [3.05, 3.63) is 30.2 Å². The SMILES string of the molecule is COc1cccc(CNc2nncn2C2CC2)n1. The van der Waals surface area contributed by atoms with Gasteiger partial charge in [0, 0.05) is 12.1 Å². The van der Waals surface area contributed by atoms with E-state index in [9.17, 15) is 0 Å². The maximum absolute atomic E-state index is 5.09. The summed E-state index contributed by atoms with van der Waals surface area (Å²) >= 11 is 0. The second-order valence-corrected chi connectivity index (χ2v) is 4.32. The third-order valence-corrected chi connectivity index (χ3v) is 2.93. The normalized spacial score (nSPS) is 14.5. The summed E-state index contributed by atoms with van der Waals surface area (Å²) < 4.78 is 7.18. The molecule has 0 radical (unpaired) electrons. The number of nitrogens with one attached hydrogen (secondary N) is 1. The van der Waals surface area contributed by atoms with Crippen LogP contribution in [0.15, 0.2) is 24.5 Å². The molecule has 1 N–H and O–H groups in total. The van der Waals surface area contributed by atoms with Gasteiger partial charge in [-0.25, -0.2) is 4.98 Å². The van der Waals surface area contributed by atoms with Crippen LogP contribution in [0.4, 0.5) is 5.95 Å². The standard InChI is InChI=1S/C12H15N5O/c1-18-11-4-2-3-9(15-11)7-13-12-16-14-8-17(12)10-5-6-10/h2-4,8,10H,5-7H2,1H3,(H,13,16). The molecular formula is C12H15N5O. The van der Waals surface area contributed by atoms with E-state index in [1.54, 1.807) is 13.4 Å². The lowest BCUT2D eigenvalue weighted by Crippen LogP contribution is -2.07. The van der Waals surface area contributed by atoms with Crippen molar-refractivity contribution in [3.8, 4) is 5.88 Å². The van der Waals surface area contributed by atoms with Crippen molar-refractivity contribution in [1.82, 2.24) is 19.7 Å². The Morgan fingerprint density at radius 2 is 2.33 bits per heavy atom. The zero-order valence-corrected chi connectivity index (χ0v) is 10.2. The Balaban J connectivity index is 1.67. The summed E-state index contributed by atoms with van der Waals surface area (Å²) in [4.78, 5) is 4.34. The van der Waals surface area contributed by atoms with Crippen molar-refractivity contribution < 1.29 is 4.74 Å². The summed E-state index contributed by atoms with van der Waals surface area (Å²) in [6.07, 6.45) is 4.20. The van der Waals surface area contributed by atoms with E-state index in [0.717, 1.165) is 11.6 Å². The zero-order chi connectivity index (χ0) is 12.4. The number of aromatic nitrogens is 4. The third kappa shape index (κ3) is 2.27. The zero-order valence-electron chi connectivity index (χ0n) is 10.2. The number of anilines is 1. The number of nitrogens with zero attached hydrogens (tertiary/aromatic N) is 4. The van der Waals surface area contributed by atoms with Gasteiger partial charge >= 0.3 is 0 Å². The molecule has 2 heterocycles. The molecule has 1 fully saturated rings. The first kappa shape index (κ1) is 11.0. The largest absolute Gasteiger partial charge is 0.481 e. The van der Waals surface area contributed by atoms with E-state index in [2.05, 4.69) is 25.1 Å². The van der Waals surface area contributed by atoms with Crippen LogP contribution in [-0.2, 0) is 6.54 Å². The van der Waals surface area contributed by atoms with Gasteiger partial charge in [-0.05, 0) is 18.9 Å². The maximum Gasteiger partial charge on any atom is 0.224 e. The Labute approximate surface area is 105 Å². The van der Waals surface area contributed by atoms with E-state index in [1.165, 1.54) is 12.8 Å². The van der Waals surface area contributed by atoms with E-state index in [4.69, 9.17) is 4.74 Å². The van der Waals surface area contributed by atoms with Gasteiger partial charge < -0.3 is 10.1 Å². The van der Waals surface area contributed by atoms with Gasteiger partial charge in [0.1, 0.15) is 6.33 Å². The van der Waals surface area contributed by atoms with Crippen molar-refractivity contribution in [2.45, 2.75) is 25.4 Å². The Kier molecular flexibility index (Phi) is 2.84. The second-order valence-electron chi connectivity index (χ2n) is 4.32. The van der Waals surface area contributed by atoms with Crippen LogP contribution in [0.25, 0.3) is 0 Å². The number of rotatable bonds is 5. The number of hydrogen-bond acceptors (Lipinski definition) is 5. The summed E-state index contributed by atoms with van der Waals surface area (Å²) in [5.74, 6) is 1.43. The van der Waals surface area contributed by atoms with Crippen LogP contribution in [0.1, 0.15) is 24.6 Å². The molecule has 0 unspecified atom stereocenters. The molecule has 6 nitrogen and oxygen atoms in total. The number of methoxy groups -OCH3 is 1. The van der Waals surface area contributed by atoms with Crippen LogP contribution in [0, 0.1) is 0 Å². The minimum absolute atomic E-state index is 0.570. The van der Waals surface area contributed by atoms with Gasteiger partial charge in [-0.3, -0.25) is 4.57 Å². The van der Waals surface area contributed by atoms with E-state index in [0.29, 0.717) is 18.5 Å². The molecule has 0 atom stereocenters. The Hall–Kier alpha value is -2.11. The highest BCUT2D eigenvalue weighted by Gasteiger charge is 2.25. The van der Waals surface area contributed by atoms with Crippen LogP contribution >= 0.6 is 0 Å². The van der Waals surface area contributed by atoms with E-state index in [-0.39, 0.29) is 0 Å². The van der Waals surface area contributed by atoms with Gasteiger partial charge in [0.25, 0.3) is 0 Å². The highest BCUT2D eigenvalue weighted by atomic mass is 16.5. The summed E-state index contributed by atoms with van der Waals surface area (Å²) in [6.45, 7) is 0.614. The van der Waals surface area contributed by atoms with Crippen molar-refractivity contribution in [3.63, 3.8) is 0 Å². The fraction of sp³-hybridized carbons (Fsp3) is 0.417. The first-order valence-corrected chi connectivity index (χ1v) is 6.00. The minimum atomic E-state index is 0.570. The highest BCUT2D eigenvalue weighted by molar-refractivity contribution is 5.27. The second kappa shape index (κ2) is 4.64. The summed E-state index contributed by atoms with van der Waals surface area (Å²) in [7, 11) is 1.61. The monoisotopic (exact) mass is 245 g/mol. The van der Waals surface area contributed by atoms with Gasteiger partial charge in [0.2, 0.25) is 11.8 Å². The van der Waals surface area contributed by atoms with Gasteiger partial charge in [0.15, 0.2) is 0 Å². The van der Waals surface area contributed by atoms with Gasteiger partial charge in [-0.15, -0.1) is 10.2 Å². The lowest BCUT2D eigenvalue weighted by Gasteiger charge is -2.07. The lowest BCUT2D eigenvalue weighted by atomic mass is 10.3. The molecule has 6 heteroatoms. The molecule has 0 bridgehead atoms. The highest BCUT2D eigenvalue weighted by Crippen LogP contribution is 2.36. The fourth-order valence-corrected chi connectivity index (χ4v) is 1.83. The summed E-state index contributed by atoms with van der Waals surface area (Å²) in [5.41, 5.74) is 0.916. The Bertz CT molecular complexity index is 535. The van der Waals surface area contributed by atoms with Crippen molar-refractivity contribution in [2.75, 3.05) is 12.4 Å². The average molecular weight is 245 g/mol. The molecule has 1 aliphatic rings. The van der Waals surface area contributed by atoms with E-state index >= 15 is 0 Å². The molecule has 1 aliphatic carbocycles. The van der Waals surface area contributed by atoms with Crippen LogP contribution in [0.2, 0.25) is 0 Å². The summed E-state index contributed by atoms with van der Waals surface area (Å²) in [5, 5.41) is 11.3. The molecule has 2 aromatic heterocycles. The molecule has 0 aromatic carbocycles. The molecule has 0 saturated heterocycles. The minimum Gasteiger partial charge on any atom is -0.481 e. The molecule has 18 heavy (non-hydrogen) atoms. The predicted octanol–water partition coefficient (Wildman–Crippen LogP) is 1.63. The first-order valence-electron chi connectivity index (χ1n) is 6.00. The molecule has 0 amide bonds. The van der Waals surface area contributed by atoms with Crippen molar-refractivity contribution in [1.29, 1.82) is 0 Å². The third-order valence-electron chi connectivity index (χ3n) is 2.93. The van der Waals surface area contributed by atoms with Crippen LogP contribution in [-0.4, -0.2) is 26.9 Å². The van der Waals surface area contributed by atoms with Crippen molar-refractivity contribution >= 4 is 5.95 Å². The van der Waals surface area contributed by atoms with Crippen LogP contribution in [0.5, 0.6) is 5.88 Å². The average Bonchev–Trinajstić information content (AvgIpc) is 3.15. The molecule has 2 aromatic rings. The van der Waals surface area contributed by atoms with Crippen molar-refractivity contribution in [2.24, 2.45) is 0 Å². The van der Waals surface area contributed by atoms with E-state index in [1.807, 2.05) is 18.2 Å². The molecular weight excluding hydrogens is 230 g/mol. The smallest absolute Gasteiger partial charge is 0.224 e. The lowest BCUT2D eigenvalue weighted by molar-refractivity contribution is 0.396. The quantitative estimate of drug-likeness (QED) is 0.867. The number of ether oxygens (including phenoxy) is 1. The predicted molar refractivity (Wildman–Crippen MR) is 66.4 cm³/mol. The maximum atomic E-state index is 5.09. The molecule has 1 saturated carbocycles. The first-order chi connectivity index (χ1) is 8.86.